The van der Waals surface area contributed by atoms with Crippen LogP contribution in [0.5, 0.6) is 0 Å². The molecule has 0 heterocycles. The molecule has 0 spiro atoms. The summed E-state index contributed by atoms with van der Waals surface area (Å²) in [5.41, 5.74) is 6.06. The molecule has 3 atom stereocenters. The topological polar surface area (TPSA) is 58.3 Å². The van der Waals surface area contributed by atoms with E-state index in [1.165, 1.54) is 6.07 Å². The van der Waals surface area contributed by atoms with E-state index in [9.17, 15) is 9.50 Å². The zero-order chi connectivity index (χ0) is 13.7. The highest BCUT2D eigenvalue weighted by atomic mass is 35.5. The molecule has 0 aliphatic carbocycles. The monoisotopic (exact) mass is 274 g/mol. The van der Waals surface area contributed by atoms with Gasteiger partial charge >= 0.3 is 0 Å². The van der Waals surface area contributed by atoms with Crippen molar-refractivity contribution >= 4 is 11.6 Å². The Morgan fingerprint density at radius 2 is 2.11 bits per heavy atom. The Morgan fingerprint density at radius 1 is 1.44 bits per heavy atom. The number of benzene rings is 1. The summed E-state index contributed by atoms with van der Waals surface area (Å²) in [6.07, 6.45) is 0.157. The number of hydrogen-bond acceptors (Lipinski definition) is 3. The van der Waals surface area contributed by atoms with Gasteiger partial charge in [0.25, 0.3) is 0 Å². The lowest BCUT2D eigenvalue weighted by Crippen LogP contribution is -2.37. The second kappa shape index (κ2) is 7.04. The molecule has 18 heavy (non-hydrogen) atoms. The maximum Gasteiger partial charge on any atom is 0.129 e. The Kier molecular flexibility index (Phi) is 6.02. The van der Waals surface area contributed by atoms with Gasteiger partial charge in [0.1, 0.15) is 5.82 Å². The lowest BCUT2D eigenvalue weighted by molar-refractivity contribution is 0.168. The minimum absolute atomic E-state index is 0.0224. The predicted molar refractivity (Wildman–Crippen MR) is 72.1 cm³/mol. The number of nitrogens with two attached hydrogens (primary N) is 1. The third kappa shape index (κ3) is 4.21. The average molecular weight is 275 g/mol. The number of rotatable bonds is 6. The van der Waals surface area contributed by atoms with Gasteiger partial charge < -0.3 is 16.2 Å². The van der Waals surface area contributed by atoms with Crippen molar-refractivity contribution in [2.24, 2.45) is 5.73 Å². The van der Waals surface area contributed by atoms with Crippen LogP contribution >= 0.6 is 11.6 Å². The Labute approximate surface area is 112 Å². The second-order valence-corrected chi connectivity index (χ2v) is 4.98. The molecule has 3 nitrogen and oxygen atoms in total. The van der Waals surface area contributed by atoms with Gasteiger partial charge in [0.15, 0.2) is 0 Å². The van der Waals surface area contributed by atoms with E-state index >= 15 is 0 Å². The molecule has 5 heteroatoms. The molecule has 1 aromatic carbocycles. The van der Waals surface area contributed by atoms with Gasteiger partial charge in [-0.05, 0) is 32.4 Å². The summed E-state index contributed by atoms with van der Waals surface area (Å²) in [6, 6.07) is 4.24. The van der Waals surface area contributed by atoms with E-state index in [1.54, 1.807) is 19.1 Å². The van der Waals surface area contributed by atoms with Crippen molar-refractivity contribution in [3.8, 4) is 0 Å². The van der Waals surface area contributed by atoms with Crippen molar-refractivity contribution in [3.05, 3.63) is 34.6 Å². The summed E-state index contributed by atoms with van der Waals surface area (Å²) in [5, 5.41) is 12.9. The van der Waals surface area contributed by atoms with E-state index in [4.69, 9.17) is 17.3 Å². The lowest BCUT2D eigenvalue weighted by Gasteiger charge is -2.24. The van der Waals surface area contributed by atoms with Gasteiger partial charge in [0, 0.05) is 29.2 Å². The minimum atomic E-state index is -0.415. The van der Waals surface area contributed by atoms with Crippen molar-refractivity contribution in [1.82, 2.24) is 5.32 Å². The van der Waals surface area contributed by atoms with E-state index in [1.807, 2.05) is 6.92 Å². The van der Waals surface area contributed by atoms with Gasteiger partial charge in [0.2, 0.25) is 0 Å². The van der Waals surface area contributed by atoms with E-state index in [0.717, 1.165) is 0 Å². The molecular weight excluding hydrogens is 255 g/mol. The fourth-order valence-corrected chi connectivity index (χ4v) is 2.33. The molecule has 1 rings (SSSR count). The largest absolute Gasteiger partial charge is 0.393 e. The molecular formula is C13H20ClFN2O. The molecule has 3 unspecified atom stereocenters. The van der Waals surface area contributed by atoms with E-state index in [-0.39, 0.29) is 24.4 Å². The van der Waals surface area contributed by atoms with Crippen LogP contribution in [0.25, 0.3) is 0 Å². The molecule has 0 saturated carbocycles. The molecule has 1 aromatic rings. The predicted octanol–water partition coefficient (Wildman–Crippen LogP) is 2.23. The maximum atomic E-state index is 13.8. The number of aliphatic hydroxyl groups is 1. The molecule has 0 bridgehead atoms. The number of halogens is 2. The van der Waals surface area contributed by atoms with Crippen LogP contribution in [0, 0.1) is 5.82 Å². The zero-order valence-corrected chi connectivity index (χ0v) is 11.4. The van der Waals surface area contributed by atoms with Gasteiger partial charge in [-0.3, -0.25) is 0 Å². The van der Waals surface area contributed by atoms with Crippen LogP contribution in [0.3, 0.4) is 0 Å². The van der Waals surface area contributed by atoms with Crippen LogP contribution in [-0.2, 0) is 0 Å². The van der Waals surface area contributed by atoms with Crippen LogP contribution in [0.2, 0.25) is 5.02 Å². The van der Waals surface area contributed by atoms with E-state index in [2.05, 4.69) is 5.32 Å². The highest BCUT2D eigenvalue weighted by molar-refractivity contribution is 6.31. The van der Waals surface area contributed by atoms with E-state index < -0.39 is 6.10 Å². The molecule has 102 valence electrons. The van der Waals surface area contributed by atoms with Crippen LogP contribution in [-0.4, -0.2) is 23.8 Å². The second-order valence-electron chi connectivity index (χ2n) is 4.58. The standard InChI is InChI=1S/C13H20ClFN2O/c1-8(6-9(2)18)17-12(7-16)13-10(14)4-3-5-11(13)15/h3-5,8-9,12,17-18H,6-7,16H2,1-2H3. The van der Waals surface area contributed by atoms with Gasteiger partial charge in [-0.15, -0.1) is 0 Å². The zero-order valence-electron chi connectivity index (χ0n) is 10.7. The summed E-state index contributed by atoms with van der Waals surface area (Å²) in [7, 11) is 0. The first kappa shape index (κ1) is 15.4. The van der Waals surface area contributed by atoms with Crippen molar-refractivity contribution in [2.45, 2.75) is 38.5 Å². The Balaban J connectivity index is 2.83. The summed E-state index contributed by atoms with van der Waals surface area (Å²) < 4.78 is 13.8. The number of aliphatic hydroxyl groups excluding tert-OH is 1. The van der Waals surface area contributed by atoms with Crippen molar-refractivity contribution in [1.29, 1.82) is 0 Å². The smallest absolute Gasteiger partial charge is 0.129 e. The maximum absolute atomic E-state index is 13.8. The normalized spacial score (nSPS) is 16.3. The fourth-order valence-electron chi connectivity index (χ4n) is 2.04. The lowest BCUT2D eigenvalue weighted by atomic mass is 10.0. The molecule has 0 radical (unpaired) electrons. The van der Waals surface area contributed by atoms with Gasteiger partial charge in [-0.2, -0.15) is 0 Å². The Morgan fingerprint density at radius 3 is 2.61 bits per heavy atom. The summed E-state index contributed by atoms with van der Waals surface area (Å²) in [5.74, 6) is -0.366. The average Bonchev–Trinajstić information content (AvgIpc) is 2.26. The number of nitrogens with one attached hydrogen (secondary N) is 1. The molecule has 0 aliphatic heterocycles. The van der Waals surface area contributed by atoms with Crippen LogP contribution in [0.1, 0.15) is 31.9 Å². The fraction of sp³-hybridized carbons (Fsp3) is 0.538. The van der Waals surface area contributed by atoms with Crippen LogP contribution in [0.4, 0.5) is 4.39 Å². The van der Waals surface area contributed by atoms with Gasteiger partial charge in [0.05, 0.1) is 6.10 Å². The van der Waals surface area contributed by atoms with E-state index in [0.29, 0.717) is 17.0 Å². The van der Waals surface area contributed by atoms with Gasteiger partial charge in [-0.1, -0.05) is 17.7 Å². The number of hydrogen-bond donors (Lipinski definition) is 3. The molecule has 0 fully saturated rings. The first-order valence-corrected chi connectivity index (χ1v) is 6.41. The Bertz CT molecular complexity index is 367. The van der Waals surface area contributed by atoms with Crippen LogP contribution in [0.15, 0.2) is 18.2 Å². The summed E-state index contributed by atoms with van der Waals surface area (Å²) in [4.78, 5) is 0. The first-order valence-electron chi connectivity index (χ1n) is 6.03. The SMILES string of the molecule is CC(O)CC(C)NC(CN)c1c(F)cccc1Cl. The molecule has 0 saturated heterocycles. The highest BCUT2D eigenvalue weighted by Gasteiger charge is 2.19. The highest BCUT2D eigenvalue weighted by Crippen LogP contribution is 2.25. The molecule has 4 N–H and O–H groups in total. The third-order valence-corrected chi connectivity index (χ3v) is 3.09. The van der Waals surface area contributed by atoms with Gasteiger partial charge in [-0.25, -0.2) is 4.39 Å². The third-order valence-electron chi connectivity index (χ3n) is 2.76. The van der Waals surface area contributed by atoms with Crippen molar-refractivity contribution < 1.29 is 9.50 Å². The first-order chi connectivity index (χ1) is 8.45. The summed E-state index contributed by atoms with van der Waals surface area (Å²) in [6.45, 7) is 3.88. The molecule has 0 amide bonds. The van der Waals surface area contributed by atoms with Crippen molar-refractivity contribution in [3.63, 3.8) is 0 Å². The summed E-state index contributed by atoms with van der Waals surface area (Å²) >= 11 is 6.01. The van der Waals surface area contributed by atoms with Crippen molar-refractivity contribution in [2.75, 3.05) is 6.54 Å². The Hall–Kier alpha value is -0.680. The minimum Gasteiger partial charge on any atom is -0.393 e. The quantitative estimate of drug-likeness (QED) is 0.746. The van der Waals surface area contributed by atoms with Crippen LogP contribution < -0.4 is 11.1 Å². The molecule has 0 aromatic heterocycles. The molecule has 0 aliphatic rings.